The summed E-state index contributed by atoms with van der Waals surface area (Å²) in [6.45, 7) is 0. The largest absolute Gasteiger partial charge is 0.453 e. The van der Waals surface area contributed by atoms with Gasteiger partial charge in [0.05, 0.1) is 18.8 Å². The Morgan fingerprint density at radius 3 is 2.33 bits per heavy atom. The summed E-state index contributed by atoms with van der Waals surface area (Å²) in [5.41, 5.74) is 3.34. The zero-order valence-electron chi connectivity index (χ0n) is 21.8. The monoisotopic (exact) mass is 570 g/mol. The molecule has 1 fully saturated rings. The van der Waals surface area contributed by atoms with Crippen LogP contribution in [0.2, 0.25) is 0 Å². The molecule has 2 amide bonds. The fraction of sp³-hybridized carbons (Fsp3) is 0.393. The number of nitrogens with zero attached hydrogens (tertiary/aromatic N) is 1. The standard InChI is InChI=1S/C28H34N4O5S2/c1-37-28(34)31-23(16-19-8-4-2-5-9-19)26(33)29-24(17-20-12-14-22(15-13-20)32-39(35)36)27-30-25(18-38-27)21-10-6-3-7-11-21/h2,4-5,8-9,12-15,18,21,23-24,39H,3,6-7,10-11,16-17H2,1H3,(H,29,33)(H,31,34)(H,32,35,36)/t23-,24-/m0/s1. The summed E-state index contributed by atoms with van der Waals surface area (Å²) in [7, 11) is -1.49. The third kappa shape index (κ3) is 8.52. The van der Waals surface area contributed by atoms with Crippen LogP contribution in [0.5, 0.6) is 0 Å². The second kappa shape index (κ2) is 14.1. The predicted octanol–water partition coefficient (Wildman–Crippen LogP) is 4.50. The molecule has 4 rings (SSSR count). The van der Waals surface area contributed by atoms with Gasteiger partial charge in [-0.15, -0.1) is 11.3 Å². The second-order valence-electron chi connectivity index (χ2n) is 9.65. The van der Waals surface area contributed by atoms with E-state index in [-0.39, 0.29) is 5.91 Å². The van der Waals surface area contributed by atoms with Crippen molar-refractivity contribution >= 4 is 39.9 Å². The van der Waals surface area contributed by atoms with Crippen LogP contribution in [-0.2, 0) is 33.3 Å². The van der Waals surface area contributed by atoms with E-state index in [2.05, 4.69) is 20.7 Å². The Hall–Kier alpha value is -3.44. The number of thiazole rings is 1. The number of anilines is 1. The van der Waals surface area contributed by atoms with E-state index in [1.165, 1.54) is 37.7 Å². The lowest BCUT2D eigenvalue weighted by Gasteiger charge is -2.23. The molecule has 9 nitrogen and oxygen atoms in total. The number of alkyl carbamates (subject to hydrolysis) is 1. The van der Waals surface area contributed by atoms with Crippen LogP contribution < -0.4 is 15.4 Å². The number of hydrogen-bond acceptors (Lipinski definition) is 7. The average molecular weight is 571 g/mol. The van der Waals surface area contributed by atoms with E-state index < -0.39 is 29.1 Å². The molecule has 1 aromatic heterocycles. The minimum absolute atomic E-state index is 0.299. The van der Waals surface area contributed by atoms with Crippen LogP contribution in [0.3, 0.4) is 0 Å². The maximum Gasteiger partial charge on any atom is 0.407 e. The third-order valence-corrected chi connectivity index (χ3v) is 8.29. The molecule has 0 unspecified atom stereocenters. The Bertz CT molecular complexity index is 1300. The molecule has 1 aliphatic carbocycles. The van der Waals surface area contributed by atoms with E-state index in [1.807, 2.05) is 42.5 Å². The minimum atomic E-state index is -2.75. The Balaban J connectivity index is 1.57. The predicted molar refractivity (Wildman–Crippen MR) is 152 cm³/mol. The zero-order valence-corrected chi connectivity index (χ0v) is 23.5. The molecular weight excluding hydrogens is 536 g/mol. The summed E-state index contributed by atoms with van der Waals surface area (Å²) in [4.78, 5) is 30.6. The van der Waals surface area contributed by atoms with Crippen LogP contribution in [0.25, 0.3) is 0 Å². The third-order valence-electron chi connectivity index (χ3n) is 6.87. The van der Waals surface area contributed by atoms with E-state index in [0.717, 1.165) is 34.7 Å². The second-order valence-corrected chi connectivity index (χ2v) is 11.3. The topological polar surface area (TPSA) is 126 Å². The lowest BCUT2D eigenvalue weighted by Crippen LogP contribution is -2.49. The molecular formula is C28H34N4O5S2. The smallest absolute Gasteiger partial charge is 0.407 e. The summed E-state index contributed by atoms with van der Waals surface area (Å²) < 4.78 is 29.1. The van der Waals surface area contributed by atoms with E-state index in [9.17, 15) is 18.0 Å². The molecule has 0 spiro atoms. The summed E-state index contributed by atoms with van der Waals surface area (Å²) in [5, 5.41) is 8.67. The summed E-state index contributed by atoms with van der Waals surface area (Å²) >= 11 is 1.53. The molecule has 208 valence electrons. The van der Waals surface area contributed by atoms with Crippen LogP contribution in [0, 0.1) is 0 Å². The lowest BCUT2D eigenvalue weighted by molar-refractivity contribution is -0.123. The van der Waals surface area contributed by atoms with Gasteiger partial charge in [0.25, 0.3) is 0 Å². The number of benzene rings is 2. The first kappa shape index (κ1) is 28.6. The molecule has 39 heavy (non-hydrogen) atoms. The molecule has 0 aliphatic heterocycles. The van der Waals surface area contributed by atoms with Gasteiger partial charge in [-0.1, -0.05) is 61.7 Å². The first-order chi connectivity index (χ1) is 18.9. The van der Waals surface area contributed by atoms with Crippen molar-refractivity contribution in [2.24, 2.45) is 0 Å². The molecule has 0 saturated heterocycles. The van der Waals surface area contributed by atoms with Crippen molar-refractivity contribution in [3.63, 3.8) is 0 Å². The van der Waals surface area contributed by atoms with Crippen molar-refractivity contribution in [2.45, 2.75) is 62.9 Å². The minimum Gasteiger partial charge on any atom is -0.453 e. The Morgan fingerprint density at radius 1 is 0.974 bits per heavy atom. The SMILES string of the molecule is COC(=O)N[C@@H](Cc1ccccc1)C(=O)N[C@@H](Cc1ccc(N[SH](=O)=O)cc1)c1nc(C2CCCCC2)cs1. The fourth-order valence-electron chi connectivity index (χ4n) is 4.84. The number of aromatic nitrogens is 1. The molecule has 1 saturated carbocycles. The molecule has 11 heteroatoms. The first-order valence-corrected chi connectivity index (χ1v) is 15.1. The molecule has 1 aliphatic rings. The number of thiol groups is 1. The fourth-order valence-corrected chi connectivity index (χ4v) is 6.15. The highest BCUT2D eigenvalue weighted by molar-refractivity contribution is 7.73. The van der Waals surface area contributed by atoms with Gasteiger partial charge in [0.1, 0.15) is 11.0 Å². The molecule has 1 heterocycles. The van der Waals surface area contributed by atoms with E-state index >= 15 is 0 Å². The van der Waals surface area contributed by atoms with Crippen molar-refractivity contribution in [2.75, 3.05) is 11.8 Å². The lowest BCUT2D eigenvalue weighted by atomic mass is 9.87. The van der Waals surface area contributed by atoms with E-state index in [1.54, 1.807) is 12.1 Å². The van der Waals surface area contributed by atoms with Crippen molar-refractivity contribution < 1.29 is 22.7 Å². The summed E-state index contributed by atoms with van der Waals surface area (Å²) in [5.74, 6) is 0.0941. The van der Waals surface area contributed by atoms with Crippen LogP contribution in [0.15, 0.2) is 60.0 Å². The van der Waals surface area contributed by atoms with Crippen molar-refractivity contribution in [1.29, 1.82) is 0 Å². The normalized spacial score (nSPS) is 15.3. The van der Waals surface area contributed by atoms with Gasteiger partial charge in [0.15, 0.2) is 0 Å². The Kier molecular flexibility index (Phi) is 10.3. The Morgan fingerprint density at radius 2 is 1.67 bits per heavy atom. The van der Waals surface area contributed by atoms with Crippen LogP contribution in [0.4, 0.5) is 10.5 Å². The number of ether oxygens (including phenoxy) is 1. The summed E-state index contributed by atoms with van der Waals surface area (Å²) in [6, 6.07) is 15.2. The number of carbonyl (C=O) groups excluding carboxylic acids is 2. The molecule has 2 aromatic carbocycles. The van der Waals surface area contributed by atoms with Gasteiger partial charge < -0.3 is 15.4 Å². The average Bonchev–Trinajstić information content (AvgIpc) is 3.44. The first-order valence-electron chi connectivity index (χ1n) is 13.1. The molecule has 2 atom stereocenters. The highest BCUT2D eigenvalue weighted by atomic mass is 32.2. The molecule has 0 radical (unpaired) electrons. The maximum absolute atomic E-state index is 13.6. The van der Waals surface area contributed by atoms with E-state index in [0.29, 0.717) is 24.4 Å². The molecule has 3 N–H and O–H groups in total. The van der Waals surface area contributed by atoms with Gasteiger partial charge in [-0.2, -0.15) is 0 Å². The van der Waals surface area contributed by atoms with Gasteiger partial charge in [-0.25, -0.2) is 18.2 Å². The van der Waals surface area contributed by atoms with Crippen LogP contribution >= 0.6 is 11.3 Å². The van der Waals surface area contributed by atoms with Crippen LogP contribution in [0.1, 0.15) is 65.9 Å². The van der Waals surface area contributed by atoms with Gasteiger partial charge >= 0.3 is 6.09 Å². The number of methoxy groups -OCH3 is 1. The van der Waals surface area contributed by atoms with Crippen molar-refractivity contribution in [1.82, 2.24) is 15.6 Å². The molecule has 3 aromatic rings. The number of nitrogens with one attached hydrogen (secondary N) is 3. The number of rotatable bonds is 11. The highest BCUT2D eigenvalue weighted by Gasteiger charge is 2.27. The quantitative estimate of drug-likeness (QED) is 0.252. The number of hydrogen-bond donors (Lipinski definition) is 4. The number of carbonyl (C=O) groups is 2. The highest BCUT2D eigenvalue weighted by Crippen LogP contribution is 2.34. The van der Waals surface area contributed by atoms with Crippen molar-refractivity contribution in [3.8, 4) is 0 Å². The Labute approximate surface area is 234 Å². The van der Waals surface area contributed by atoms with E-state index in [4.69, 9.17) is 9.72 Å². The number of amides is 2. The maximum atomic E-state index is 13.6. The van der Waals surface area contributed by atoms with Gasteiger partial charge in [-0.3, -0.25) is 9.52 Å². The van der Waals surface area contributed by atoms with Gasteiger partial charge in [-0.05, 0) is 42.5 Å². The summed E-state index contributed by atoms with van der Waals surface area (Å²) in [6.07, 6.45) is 5.97. The van der Waals surface area contributed by atoms with Crippen molar-refractivity contribution in [3.05, 3.63) is 81.8 Å². The van der Waals surface area contributed by atoms with Crippen LogP contribution in [-0.4, -0.2) is 38.6 Å². The van der Waals surface area contributed by atoms with Gasteiger partial charge in [0.2, 0.25) is 16.8 Å². The molecule has 0 bridgehead atoms. The van der Waals surface area contributed by atoms with Gasteiger partial charge in [0, 0.05) is 23.4 Å². The zero-order chi connectivity index (χ0) is 27.6.